The first-order valence-corrected chi connectivity index (χ1v) is 5.94. The van der Waals surface area contributed by atoms with Crippen LogP contribution >= 0.6 is 0 Å². The second-order valence-corrected chi connectivity index (χ2v) is 4.51. The number of ketones is 1. The number of carbonyl (C=O) groups is 2. The van der Waals surface area contributed by atoms with Crippen molar-refractivity contribution in [3.63, 3.8) is 0 Å². The van der Waals surface area contributed by atoms with Gasteiger partial charge in [-0.2, -0.15) is 0 Å². The molecule has 0 bridgehead atoms. The summed E-state index contributed by atoms with van der Waals surface area (Å²) in [5.41, 5.74) is 1.69. The molecule has 0 atom stereocenters. The number of rotatable bonds is 2. The lowest BCUT2D eigenvalue weighted by atomic mass is 9.96. The molecule has 0 aliphatic heterocycles. The number of hydrogen-bond donors (Lipinski definition) is 0. The van der Waals surface area contributed by atoms with E-state index >= 15 is 0 Å². The molecule has 1 aromatic rings. The maximum Gasteiger partial charge on any atom is 0.338 e. The van der Waals surface area contributed by atoms with Crippen molar-refractivity contribution in [1.82, 2.24) is 0 Å². The van der Waals surface area contributed by atoms with Crippen molar-refractivity contribution in [3.8, 4) is 0 Å². The SMILES string of the molecule is Cc1ccc(C(=O)OC2CCC(=O)CC2)cc1. The van der Waals surface area contributed by atoms with Gasteiger partial charge >= 0.3 is 5.97 Å². The zero-order chi connectivity index (χ0) is 12.3. The monoisotopic (exact) mass is 232 g/mol. The molecular formula is C14H16O3. The summed E-state index contributed by atoms with van der Waals surface area (Å²) in [6.45, 7) is 1.97. The predicted octanol–water partition coefficient (Wildman–Crippen LogP) is 2.66. The first kappa shape index (κ1) is 11.8. The second-order valence-electron chi connectivity index (χ2n) is 4.51. The van der Waals surface area contributed by atoms with Gasteiger partial charge in [0.1, 0.15) is 11.9 Å². The van der Waals surface area contributed by atoms with Gasteiger partial charge in [0.2, 0.25) is 0 Å². The van der Waals surface area contributed by atoms with E-state index in [-0.39, 0.29) is 17.9 Å². The summed E-state index contributed by atoms with van der Waals surface area (Å²) in [6.07, 6.45) is 2.30. The highest BCUT2D eigenvalue weighted by atomic mass is 16.5. The van der Waals surface area contributed by atoms with E-state index in [9.17, 15) is 9.59 Å². The molecule has 3 nitrogen and oxygen atoms in total. The summed E-state index contributed by atoms with van der Waals surface area (Å²) in [6, 6.07) is 7.32. The fourth-order valence-electron chi connectivity index (χ4n) is 1.94. The molecule has 1 aliphatic rings. The minimum atomic E-state index is -0.288. The van der Waals surface area contributed by atoms with Gasteiger partial charge in [-0.1, -0.05) is 17.7 Å². The van der Waals surface area contributed by atoms with Crippen LogP contribution in [0.4, 0.5) is 0 Å². The van der Waals surface area contributed by atoms with Crippen molar-refractivity contribution < 1.29 is 14.3 Å². The summed E-state index contributed by atoms with van der Waals surface area (Å²) < 4.78 is 5.37. The summed E-state index contributed by atoms with van der Waals surface area (Å²) in [4.78, 5) is 22.9. The van der Waals surface area contributed by atoms with Gasteiger partial charge in [-0.3, -0.25) is 4.79 Å². The molecule has 1 aliphatic carbocycles. The maximum absolute atomic E-state index is 11.8. The molecule has 1 saturated carbocycles. The topological polar surface area (TPSA) is 43.4 Å². The molecule has 90 valence electrons. The molecule has 0 saturated heterocycles. The number of esters is 1. The van der Waals surface area contributed by atoms with Crippen molar-refractivity contribution >= 4 is 11.8 Å². The molecule has 0 heterocycles. The van der Waals surface area contributed by atoms with Crippen LogP contribution in [0.15, 0.2) is 24.3 Å². The molecule has 17 heavy (non-hydrogen) atoms. The number of carbonyl (C=O) groups excluding carboxylic acids is 2. The fourth-order valence-corrected chi connectivity index (χ4v) is 1.94. The normalized spacial score (nSPS) is 16.9. The second kappa shape index (κ2) is 5.13. The summed E-state index contributed by atoms with van der Waals surface area (Å²) in [7, 11) is 0. The van der Waals surface area contributed by atoms with Gasteiger partial charge in [-0.25, -0.2) is 4.79 Å². The van der Waals surface area contributed by atoms with Gasteiger partial charge in [-0.05, 0) is 31.9 Å². The Bertz CT molecular complexity index is 410. The molecule has 0 amide bonds. The lowest BCUT2D eigenvalue weighted by molar-refractivity contribution is -0.122. The molecule has 0 spiro atoms. The number of Topliss-reactive ketones (excluding diaryl/α,β-unsaturated/α-hetero) is 1. The quantitative estimate of drug-likeness (QED) is 0.736. The Hall–Kier alpha value is -1.64. The van der Waals surface area contributed by atoms with E-state index in [0.717, 1.165) is 5.56 Å². The van der Waals surface area contributed by atoms with Gasteiger partial charge in [0.15, 0.2) is 0 Å². The molecule has 0 unspecified atom stereocenters. The molecule has 0 N–H and O–H groups in total. The Morgan fingerprint density at radius 3 is 2.35 bits per heavy atom. The first-order valence-electron chi connectivity index (χ1n) is 5.94. The highest BCUT2D eigenvalue weighted by molar-refractivity contribution is 5.89. The third kappa shape index (κ3) is 3.16. The fraction of sp³-hybridized carbons (Fsp3) is 0.429. The van der Waals surface area contributed by atoms with Crippen LogP contribution < -0.4 is 0 Å². The smallest absolute Gasteiger partial charge is 0.338 e. The largest absolute Gasteiger partial charge is 0.459 e. The number of ether oxygens (including phenoxy) is 1. The van der Waals surface area contributed by atoms with E-state index < -0.39 is 0 Å². The van der Waals surface area contributed by atoms with Gasteiger partial charge < -0.3 is 4.74 Å². The highest BCUT2D eigenvalue weighted by Crippen LogP contribution is 2.19. The number of hydrogen-bond acceptors (Lipinski definition) is 3. The van der Waals surface area contributed by atoms with E-state index in [4.69, 9.17) is 4.74 Å². The lowest BCUT2D eigenvalue weighted by Gasteiger charge is -2.21. The Labute approximate surface area is 101 Å². The van der Waals surface area contributed by atoms with Crippen LogP contribution in [0.1, 0.15) is 41.6 Å². The number of aryl methyl sites for hydroxylation is 1. The zero-order valence-electron chi connectivity index (χ0n) is 9.94. The Balaban J connectivity index is 1.93. The van der Waals surface area contributed by atoms with Crippen LogP contribution in [0.5, 0.6) is 0 Å². The minimum absolute atomic E-state index is 0.0958. The van der Waals surface area contributed by atoms with E-state index in [2.05, 4.69) is 0 Å². The van der Waals surface area contributed by atoms with Crippen LogP contribution in [0.25, 0.3) is 0 Å². The minimum Gasteiger partial charge on any atom is -0.459 e. The third-order valence-corrected chi connectivity index (χ3v) is 3.05. The van der Waals surface area contributed by atoms with Gasteiger partial charge in [0.25, 0.3) is 0 Å². The zero-order valence-corrected chi connectivity index (χ0v) is 9.94. The Morgan fingerprint density at radius 1 is 1.18 bits per heavy atom. The standard InChI is InChI=1S/C14H16O3/c1-10-2-4-11(5-3-10)14(16)17-13-8-6-12(15)7-9-13/h2-5,13H,6-9H2,1H3. The highest BCUT2D eigenvalue weighted by Gasteiger charge is 2.22. The van der Waals surface area contributed by atoms with Crippen molar-refractivity contribution in [2.24, 2.45) is 0 Å². The Morgan fingerprint density at radius 2 is 1.76 bits per heavy atom. The molecule has 0 radical (unpaired) electrons. The predicted molar refractivity (Wildman–Crippen MR) is 63.9 cm³/mol. The van der Waals surface area contributed by atoms with Crippen LogP contribution in [-0.2, 0) is 9.53 Å². The van der Waals surface area contributed by atoms with Crippen LogP contribution in [0, 0.1) is 6.92 Å². The summed E-state index contributed by atoms with van der Waals surface area (Å²) in [5.74, 6) is -0.0167. The molecule has 0 aromatic heterocycles. The van der Waals surface area contributed by atoms with Gasteiger partial charge in [0, 0.05) is 12.8 Å². The molecule has 3 heteroatoms. The van der Waals surface area contributed by atoms with Crippen molar-refractivity contribution in [2.75, 3.05) is 0 Å². The van der Waals surface area contributed by atoms with Crippen molar-refractivity contribution in [1.29, 1.82) is 0 Å². The maximum atomic E-state index is 11.8. The van der Waals surface area contributed by atoms with Crippen LogP contribution in [-0.4, -0.2) is 17.9 Å². The molecule has 2 rings (SSSR count). The third-order valence-electron chi connectivity index (χ3n) is 3.05. The van der Waals surface area contributed by atoms with Crippen molar-refractivity contribution in [3.05, 3.63) is 35.4 Å². The van der Waals surface area contributed by atoms with Gasteiger partial charge in [0.05, 0.1) is 5.56 Å². The van der Waals surface area contributed by atoms with E-state index in [1.165, 1.54) is 0 Å². The van der Waals surface area contributed by atoms with Crippen LogP contribution in [0.3, 0.4) is 0 Å². The summed E-state index contributed by atoms with van der Waals surface area (Å²) >= 11 is 0. The van der Waals surface area contributed by atoms with Gasteiger partial charge in [-0.15, -0.1) is 0 Å². The average Bonchev–Trinajstić information content (AvgIpc) is 2.33. The van der Waals surface area contributed by atoms with Crippen molar-refractivity contribution in [2.45, 2.75) is 38.7 Å². The Kier molecular flexibility index (Phi) is 3.57. The molecular weight excluding hydrogens is 216 g/mol. The number of benzene rings is 1. The average molecular weight is 232 g/mol. The van der Waals surface area contributed by atoms with E-state index in [0.29, 0.717) is 31.2 Å². The van der Waals surface area contributed by atoms with E-state index in [1.54, 1.807) is 12.1 Å². The molecule has 1 fully saturated rings. The lowest BCUT2D eigenvalue weighted by Crippen LogP contribution is -2.24. The van der Waals surface area contributed by atoms with E-state index in [1.807, 2.05) is 19.1 Å². The first-order chi connectivity index (χ1) is 8.15. The molecule has 1 aromatic carbocycles. The van der Waals surface area contributed by atoms with Crippen LogP contribution in [0.2, 0.25) is 0 Å². The summed E-state index contributed by atoms with van der Waals surface area (Å²) in [5, 5.41) is 0.